The van der Waals surface area contributed by atoms with Crippen molar-refractivity contribution in [2.75, 3.05) is 6.61 Å². The first-order chi connectivity index (χ1) is 9.34. The van der Waals surface area contributed by atoms with Gasteiger partial charge in [0.2, 0.25) is 0 Å². The second kappa shape index (κ2) is 5.11. The van der Waals surface area contributed by atoms with Crippen molar-refractivity contribution in [2.24, 2.45) is 0 Å². The molecule has 19 heavy (non-hydrogen) atoms. The average Bonchev–Trinajstić information content (AvgIpc) is 2.86. The number of pyridine rings is 1. The summed E-state index contributed by atoms with van der Waals surface area (Å²) in [7, 11) is 0. The van der Waals surface area contributed by atoms with Gasteiger partial charge in [0.1, 0.15) is 0 Å². The van der Waals surface area contributed by atoms with Crippen molar-refractivity contribution >= 4 is 0 Å². The van der Waals surface area contributed by atoms with Gasteiger partial charge < -0.3 is 10.4 Å². The predicted octanol–water partition coefficient (Wildman–Crippen LogP) is 2.01. The number of benzene rings is 1. The van der Waals surface area contributed by atoms with Crippen molar-refractivity contribution in [3.63, 3.8) is 0 Å². The number of aliphatic hydroxyl groups excluding tert-OH is 1. The first-order valence-electron chi connectivity index (χ1n) is 6.67. The predicted molar refractivity (Wildman–Crippen MR) is 74.6 cm³/mol. The van der Waals surface area contributed by atoms with E-state index in [0.29, 0.717) is 0 Å². The lowest BCUT2D eigenvalue weighted by molar-refractivity contribution is 0.159. The van der Waals surface area contributed by atoms with Crippen LogP contribution in [0, 0.1) is 0 Å². The van der Waals surface area contributed by atoms with Crippen molar-refractivity contribution in [3.8, 4) is 0 Å². The van der Waals surface area contributed by atoms with E-state index in [4.69, 9.17) is 0 Å². The molecule has 0 amide bonds. The Balaban J connectivity index is 1.82. The fraction of sp³-hybridized carbons (Fsp3) is 0.312. The third-order valence-electron chi connectivity index (χ3n) is 4.00. The normalized spacial score (nSPS) is 21.3. The maximum atomic E-state index is 9.87. The number of aromatic nitrogens is 1. The van der Waals surface area contributed by atoms with E-state index < -0.39 is 0 Å². The monoisotopic (exact) mass is 254 g/mol. The van der Waals surface area contributed by atoms with Gasteiger partial charge >= 0.3 is 0 Å². The quantitative estimate of drug-likeness (QED) is 0.877. The number of rotatable bonds is 4. The summed E-state index contributed by atoms with van der Waals surface area (Å²) in [4.78, 5) is 4.02. The first-order valence-corrected chi connectivity index (χ1v) is 6.67. The van der Waals surface area contributed by atoms with Gasteiger partial charge in [-0.3, -0.25) is 4.98 Å². The van der Waals surface area contributed by atoms with Crippen LogP contribution in [-0.4, -0.2) is 16.7 Å². The van der Waals surface area contributed by atoms with E-state index in [2.05, 4.69) is 28.5 Å². The van der Waals surface area contributed by atoms with Crippen LogP contribution in [0.4, 0.5) is 0 Å². The summed E-state index contributed by atoms with van der Waals surface area (Å²) in [6.45, 7) is 0.881. The molecule has 98 valence electrons. The maximum absolute atomic E-state index is 9.87. The summed E-state index contributed by atoms with van der Waals surface area (Å²) < 4.78 is 0. The standard InChI is InChI=1S/C16H18N2O/c19-12-16(18-11-13-6-9-17-10-7-13)8-5-14-3-1-2-4-15(14)16/h1-4,6-7,9-10,18-19H,5,8,11-12H2/t16-/m0/s1. The van der Waals surface area contributed by atoms with E-state index in [1.165, 1.54) is 16.7 Å². The average molecular weight is 254 g/mol. The van der Waals surface area contributed by atoms with Crippen molar-refractivity contribution in [1.29, 1.82) is 0 Å². The lowest BCUT2D eigenvalue weighted by Crippen LogP contribution is -2.43. The van der Waals surface area contributed by atoms with Crippen LogP contribution in [0.1, 0.15) is 23.1 Å². The molecule has 0 spiro atoms. The second-order valence-electron chi connectivity index (χ2n) is 5.11. The van der Waals surface area contributed by atoms with E-state index in [-0.39, 0.29) is 12.1 Å². The van der Waals surface area contributed by atoms with Crippen LogP contribution in [0.25, 0.3) is 0 Å². The van der Waals surface area contributed by atoms with Gasteiger partial charge in [-0.1, -0.05) is 24.3 Å². The summed E-state index contributed by atoms with van der Waals surface area (Å²) in [5, 5.41) is 13.4. The molecule has 1 aromatic heterocycles. The van der Waals surface area contributed by atoms with Crippen LogP contribution in [0.2, 0.25) is 0 Å². The van der Waals surface area contributed by atoms with Crippen molar-refractivity contribution in [2.45, 2.75) is 24.9 Å². The van der Waals surface area contributed by atoms with Gasteiger partial charge in [0.05, 0.1) is 12.1 Å². The molecule has 1 aliphatic rings. The van der Waals surface area contributed by atoms with Gasteiger partial charge in [-0.15, -0.1) is 0 Å². The zero-order valence-electron chi connectivity index (χ0n) is 10.8. The van der Waals surface area contributed by atoms with Crippen LogP contribution in [0.15, 0.2) is 48.8 Å². The van der Waals surface area contributed by atoms with Crippen LogP contribution in [0.5, 0.6) is 0 Å². The summed E-state index contributed by atoms with van der Waals surface area (Å²) in [6.07, 6.45) is 5.57. The Morgan fingerprint density at radius 3 is 2.74 bits per heavy atom. The highest BCUT2D eigenvalue weighted by Gasteiger charge is 2.37. The Labute approximate surface area is 113 Å². The largest absolute Gasteiger partial charge is 0.394 e. The Morgan fingerprint density at radius 2 is 1.95 bits per heavy atom. The second-order valence-corrected chi connectivity index (χ2v) is 5.11. The number of nitrogens with zero attached hydrogens (tertiary/aromatic N) is 1. The van der Waals surface area contributed by atoms with Crippen molar-refractivity contribution in [1.82, 2.24) is 10.3 Å². The SMILES string of the molecule is OC[C@@]1(NCc2ccncc2)CCc2ccccc21. The molecule has 0 saturated carbocycles. The van der Waals surface area contributed by atoms with Crippen LogP contribution < -0.4 is 5.32 Å². The molecule has 2 aromatic rings. The molecule has 1 aromatic carbocycles. The summed E-state index contributed by atoms with van der Waals surface area (Å²) in [6, 6.07) is 12.4. The van der Waals surface area contributed by atoms with E-state index in [0.717, 1.165) is 19.4 Å². The molecule has 2 N–H and O–H groups in total. The minimum atomic E-state index is -0.292. The maximum Gasteiger partial charge on any atom is 0.0677 e. The fourth-order valence-electron chi connectivity index (χ4n) is 2.86. The third kappa shape index (κ3) is 2.27. The van der Waals surface area contributed by atoms with E-state index >= 15 is 0 Å². The Morgan fingerprint density at radius 1 is 1.16 bits per heavy atom. The zero-order chi connectivity index (χ0) is 13.1. The summed E-state index contributed by atoms with van der Waals surface area (Å²) in [5.74, 6) is 0. The highest BCUT2D eigenvalue weighted by Crippen LogP contribution is 2.36. The molecule has 1 heterocycles. The molecule has 3 nitrogen and oxygen atoms in total. The van der Waals surface area contributed by atoms with Gasteiger partial charge in [-0.05, 0) is 41.7 Å². The van der Waals surface area contributed by atoms with E-state index in [1.807, 2.05) is 18.2 Å². The summed E-state index contributed by atoms with van der Waals surface area (Å²) in [5.41, 5.74) is 3.48. The molecule has 3 rings (SSSR count). The fourth-order valence-corrected chi connectivity index (χ4v) is 2.86. The highest BCUT2D eigenvalue weighted by molar-refractivity contribution is 5.39. The molecule has 1 atom stereocenters. The van der Waals surface area contributed by atoms with Crippen molar-refractivity contribution in [3.05, 3.63) is 65.5 Å². The number of hydrogen-bond acceptors (Lipinski definition) is 3. The van der Waals surface area contributed by atoms with Gasteiger partial charge in [-0.2, -0.15) is 0 Å². The van der Waals surface area contributed by atoms with Gasteiger partial charge in [0, 0.05) is 18.9 Å². The van der Waals surface area contributed by atoms with Gasteiger partial charge in [-0.25, -0.2) is 0 Å². The Hall–Kier alpha value is -1.71. The van der Waals surface area contributed by atoms with Crippen LogP contribution >= 0.6 is 0 Å². The molecule has 0 unspecified atom stereocenters. The van der Waals surface area contributed by atoms with Crippen LogP contribution in [0.3, 0.4) is 0 Å². The molecule has 0 radical (unpaired) electrons. The third-order valence-corrected chi connectivity index (χ3v) is 4.00. The molecule has 1 aliphatic carbocycles. The van der Waals surface area contributed by atoms with E-state index in [9.17, 15) is 5.11 Å². The molecular weight excluding hydrogens is 236 g/mol. The molecule has 0 bridgehead atoms. The molecular formula is C16H18N2O. The topological polar surface area (TPSA) is 45.1 Å². The Bertz CT molecular complexity index is 556. The number of aliphatic hydroxyl groups is 1. The summed E-state index contributed by atoms with van der Waals surface area (Å²) >= 11 is 0. The number of nitrogens with one attached hydrogen (secondary N) is 1. The van der Waals surface area contributed by atoms with Gasteiger partial charge in [0.15, 0.2) is 0 Å². The minimum absolute atomic E-state index is 0.134. The van der Waals surface area contributed by atoms with Gasteiger partial charge in [0.25, 0.3) is 0 Å². The Kier molecular flexibility index (Phi) is 3.32. The minimum Gasteiger partial charge on any atom is -0.394 e. The zero-order valence-corrected chi connectivity index (χ0v) is 10.8. The van der Waals surface area contributed by atoms with E-state index in [1.54, 1.807) is 12.4 Å². The van der Waals surface area contributed by atoms with Crippen LogP contribution in [-0.2, 0) is 18.5 Å². The lowest BCUT2D eigenvalue weighted by atomic mass is 9.92. The highest BCUT2D eigenvalue weighted by atomic mass is 16.3. The molecule has 3 heteroatoms. The lowest BCUT2D eigenvalue weighted by Gasteiger charge is -2.30. The molecule has 0 fully saturated rings. The molecule has 0 saturated heterocycles. The van der Waals surface area contributed by atoms with Crippen molar-refractivity contribution < 1.29 is 5.11 Å². The number of fused-ring (bicyclic) bond motifs is 1. The smallest absolute Gasteiger partial charge is 0.0677 e. The number of hydrogen-bond donors (Lipinski definition) is 2. The first kappa shape index (κ1) is 12.3. The molecule has 0 aliphatic heterocycles. The number of aryl methyl sites for hydroxylation is 1.